The molecule has 146 valence electrons. The van der Waals surface area contributed by atoms with E-state index in [-0.39, 0.29) is 17.9 Å². The van der Waals surface area contributed by atoms with Gasteiger partial charge in [0.05, 0.1) is 18.3 Å². The quantitative estimate of drug-likeness (QED) is 0.579. The number of carbonyl (C=O) groups excluding carboxylic acids is 1. The van der Waals surface area contributed by atoms with Gasteiger partial charge in [0.2, 0.25) is 0 Å². The molecule has 1 aromatic heterocycles. The topological polar surface area (TPSA) is 83.5 Å². The zero-order valence-corrected chi connectivity index (χ0v) is 14.8. The SMILES string of the molecule is O=C(Nc1ccc(OC(F)F)c2ncccc12)NC(CO)Cc1ccccc1. The van der Waals surface area contributed by atoms with Gasteiger partial charge in [-0.3, -0.25) is 4.98 Å². The maximum atomic E-state index is 12.6. The van der Waals surface area contributed by atoms with Crippen molar-refractivity contribution in [1.29, 1.82) is 0 Å². The summed E-state index contributed by atoms with van der Waals surface area (Å²) in [4.78, 5) is 16.4. The lowest BCUT2D eigenvalue weighted by Gasteiger charge is -2.18. The molecule has 6 nitrogen and oxygen atoms in total. The minimum absolute atomic E-state index is 0.0751. The van der Waals surface area contributed by atoms with Crippen LogP contribution >= 0.6 is 0 Å². The molecule has 0 aliphatic carbocycles. The zero-order chi connectivity index (χ0) is 19.9. The Labute approximate surface area is 160 Å². The van der Waals surface area contributed by atoms with Crippen LogP contribution in [0, 0.1) is 0 Å². The largest absolute Gasteiger partial charge is 0.432 e. The fourth-order valence-corrected chi connectivity index (χ4v) is 2.85. The second-order valence-electron chi connectivity index (χ2n) is 6.06. The average molecular weight is 387 g/mol. The van der Waals surface area contributed by atoms with Crippen LogP contribution in [0.15, 0.2) is 60.8 Å². The number of anilines is 1. The van der Waals surface area contributed by atoms with Gasteiger partial charge in [0.25, 0.3) is 0 Å². The highest BCUT2D eigenvalue weighted by Gasteiger charge is 2.16. The Morgan fingerprint density at radius 1 is 1.11 bits per heavy atom. The van der Waals surface area contributed by atoms with Gasteiger partial charge in [0, 0.05) is 11.6 Å². The maximum Gasteiger partial charge on any atom is 0.387 e. The molecule has 0 saturated heterocycles. The van der Waals surface area contributed by atoms with E-state index in [1.165, 1.54) is 18.3 Å². The van der Waals surface area contributed by atoms with Crippen molar-refractivity contribution in [3.8, 4) is 5.75 Å². The number of aromatic nitrogens is 1. The first-order valence-corrected chi connectivity index (χ1v) is 8.61. The van der Waals surface area contributed by atoms with E-state index in [4.69, 9.17) is 0 Å². The Hall–Kier alpha value is -3.26. The highest BCUT2D eigenvalue weighted by Crippen LogP contribution is 2.30. The van der Waals surface area contributed by atoms with Crippen LogP contribution < -0.4 is 15.4 Å². The third-order valence-electron chi connectivity index (χ3n) is 4.08. The molecule has 2 aromatic carbocycles. The average Bonchev–Trinajstić information content (AvgIpc) is 2.70. The molecular weight excluding hydrogens is 368 g/mol. The number of nitrogens with zero attached hydrogens (tertiary/aromatic N) is 1. The van der Waals surface area contributed by atoms with Crippen molar-refractivity contribution in [1.82, 2.24) is 10.3 Å². The molecule has 3 rings (SSSR count). The maximum absolute atomic E-state index is 12.6. The zero-order valence-electron chi connectivity index (χ0n) is 14.8. The molecule has 0 saturated carbocycles. The molecule has 0 aliphatic rings. The minimum atomic E-state index is -2.98. The van der Waals surface area contributed by atoms with Gasteiger partial charge >= 0.3 is 12.6 Å². The number of pyridine rings is 1. The van der Waals surface area contributed by atoms with Crippen LogP contribution in [0.5, 0.6) is 5.75 Å². The third-order valence-corrected chi connectivity index (χ3v) is 4.08. The first-order valence-electron chi connectivity index (χ1n) is 8.61. The van der Waals surface area contributed by atoms with Crippen LogP contribution in [0.4, 0.5) is 19.3 Å². The summed E-state index contributed by atoms with van der Waals surface area (Å²) in [7, 11) is 0. The van der Waals surface area contributed by atoms with Crippen molar-refractivity contribution in [2.75, 3.05) is 11.9 Å². The van der Waals surface area contributed by atoms with E-state index >= 15 is 0 Å². The van der Waals surface area contributed by atoms with E-state index in [0.29, 0.717) is 17.5 Å². The second-order valence-corrected chi connectivity index (χ2v) is 6.06. The summed E-state index contributed by atoms with van der Waals surface area (Å²) in [5.41, 5.74) is 1.58. The summed E-state index contributed by atoms with van der Waals surface area (Å²) in [6.07, 6.45) is 1.92. The summed E-state index contributed by atoms with van der Waals surface area (Å²) in [6.45, 7) is -3.21. The molecule has 0 spiro atoms. The lowest BCUT2D eigenvalue weighted by atomic mass is 10.1. The van der Waals surface area contributed by atoms with Crippen molar-refractivity contribution in [3.05, 3.63) is 66.4 Å². The standard InChI is InChI=1S/C20H19F2N3O3/c21-19(22)28-17-9-8-16(15-7-4-10-23-18(15)17)25-20(27)24-14(12-26)11-13-5-2-1-3-6-13/h1-10,14,19,26H,11-12H2,(H2,24,25,27). The summed E-state index contributed by atoms with van der Waals surface area (Å²) < 4.78 is 29.6. The van der Waals surface area contributed by atoms with Crippen LogP contribution in [0.25, 0.3) is 10.9 Å². The van der Waals surface area contributed by atoms with Gasteiger partial charge in [-0.15, -0.1) is 0 Å². The monoisotopic (exact) mass is 387 g/mol. The number of aliphatic hydroxyl groups is 1. The molecule has 0 fully saturated rings. The fraction of sp³-hybridized carbons (Fsp3) is 0.200. The minimum Gasteiger partial charge on any atom is -0.432 e. The normalized spacial score (nSPS) is 12.0. The number of ether oxygens (including phenoxy) is 1. The van der Waals surface area contributed by atoms with Crippen molar-refractivity contribution in [2.45, 2.75) is 19.1 Å². The van der Waals surface area contributed by atoms with Gasteiger partial charge in [-0.05, 0) is 36.2 Å². The molecule has 0 bridgehead atoms. The first kappa shape index (κ1) is 19.5. The van der Waals surface area contributed by atoms with E-state index < -0.39 is 18.7 Å². The Morgan fingerprint density at radius 3 is 2.61 bits per heavy atom. The number of aliphatic hydroxyl groups excluding tert-OH is 1. The summed E-state index contributed by atoms with van der Waals surface area (Å²) in [6, 6.07) is 14.5. The first-order chi connectivity index (χ1) is 13.6. The number of nitrogens with one attached hydrogen (secondary N) is 2. The highest BCUT2D eigenvalue weighted by molar-refractivity contribution is 6.02. The van der Waals surface area contributed by atoms with Crippen molar-refractivity contribution in [2.24, 2.45) is 0 Å². The molecule has 0 aliphatic heterocycles. The van der Waals surface area contributed by atoms with Gasteiger partial charge in [-0.1, -0.05) is 30.3 Å². The molecule has 1 atom stereocenters. The molecule has 28 heavy (non-hydrogen) atoms. The molecule has 8 heteroatoms. The van der Waals surface area contributed by atoms with E-state index in [0.717, 1.165) is 5.56 Å². The van der Waals surface area contributed by atoms with Gasteiger partial charge in [0.1, 0.15) is 5.52 Å². The lowest BCUT2D eigenvalue weighted by molar-refractivity contribution is -0.0489. The summed E-state index contributed by atoms with van der Waals surface area (Å²) >= 11 is 0. The number of rotatable bonds is 7. The predicted octanol–water partition coefficient (Wildman–Crippen LogP) is 3.56. The van der Waals surface area contributed by atoms with Crippen LogP contribution in [0.3, 0.4) is 0 Å². The van der Waals surface area contributed by atoms with Crippen molar-refractivity contribution >= 4 is 22.6 Å². The van der Waals surface area contributed by atoms with Crippen LogP contribution in [0.2, 0.25) is 0 Å². The van der Waals surface area contributed by atoms with Crippen LogP contribution in [-0.4, -0.2) is 35.4 Å². The highest BCUT2D eigenvalue weighted by atomic mass is 19.3. The number of benzene rings is 2. The van der Waals surface area contributed by atoms with Crippen LogP contribution in [0.1, 0.15) is 5.56 Å². The van der Waals surface area contributed by atoms with Gasteiger partial charge in [-0.2, -0.15) is 8.78 Å². The number of halogens is 2. The number of fused-ring (bicyclic) bond motifs is 1. The molecular formula is C20H19F2N3O3. The predicted molar refractivity (Wildman–Crippen MR) is 102 cm³/mol. The number of urea groups is 1. The lowest BCUT2D eigenvalue weighted by Crippen LogP contribution is -2.41. The number of carbonyl (C=O) groups is 1. The van der Waals surface area contributed by atoms with Crippen molar-refractivity contribution < 1.29 is 23.4 Å². The van der Waals surface area contributed by atoms with E-state index in [9.17, 15) is 18.7 Å². The summed E-state index contributed by atoms with van der Waals surface area (Å²) in [5.74, 6) is -0.0751. The van der Waals surface area contributed by atoms with Gasteiger partial charge in [0.15, 0.2) is 5.75 Å². The molecule has 3 N–H and O–H groups in total. The Morgan fingerprint density at radius 2 is 1.89 bits per heavy atom. The Bertz CT molecular complexity index is 938. The number of hydrogen-bond donors (Lipinski definition) is 3. The Balaban J connectivity index is 1.74. The Kier molecular flexibility index (Phi) is 6.33. The van der Waals surface area contributed by atoms with Crippen molar-refractivity contribution in [3.63, 3.8) is 0 Å². The van der Waals surface area contributed by atoms with Gasteiger partial charge < -0.3 is 20.5 Å². The number of alkyl halides is 2. The molecule has 1 heterocycles. The summed E-state index contributed by atoms with van der Waals surface area (Å²) in [5, 5.41) is 15.4. The van der Waals surface area contributed by atoms with E-state index in [1.54, 1.807) is 12.1 Å². The molecule has 2 amide bonds. The smallest absolute Gasteiger partial charge is 0.387 e. The number of amides is 2. The van der Waals surface area contributed by atoms with E-state index in [1.807, 2.05) is 30.3 Å². The van der Waals surface area contributed by atoms with Gasteiger partial charge in [-0.25, -0.2) is 4.79 Å². The third kappa shape index (κ3) is 4.92. The number of hydrogen-bond acceptors (Lipinski definition) is 4. The molecule has 3 aromatic rings. The molecule has 0 radical (unpaired) electrons. The van der Waals surface area contributed by atoms with Crippen LogP contribution in [-0.2, 0) is 6.42 Å². The molecule has 1 unspecified atom stereocenters. The fourth-order valence-electron chi connectivity index (χ4n) is 2.85. The van der Waals surface area contributed by atoms with E-state index in [2.05, 4.69) is 20.4 Å². The second kappa shape index (κ2) is 9.09.